The van der Waals surface area contributed by atoms with Gasteiger partial charge in [-0.25, -0.2) is 14.2 Å². The van der Waals surface area contributed by atoms with Crippen LogP contribution in [0.1, 0.15) is 11.1 Å². The minimum Gasteiger partial charge on any atom is -0.478 e. The maximum absolute atomic E-state index is 13.1. The third-order valence-electron chi connectivity index (χ3n) is 2.53. The molecule has 0 atom stereocenters. The highest BCUT2D eigenvalue weighted by Gasteiger charge is 2.02. The summed E-state index contributed by atoms with van der Waals surface area (Å²) < 4.78 is 18.6. The zero-order chi connectivity index (χ0) is 14.5. The Morgan fingerprint density at radius 3 is 2.75 bits per heavy atom. The molecule has 0 fully saturated rings. The summed E-state index contributed by atoms with van der Waals surface area (Å²) in [5, 5.41) is 8.51. The van der Waals surface area contributed by atoms with Crippen LogP contribution in [0, 0.1) is 12.7 Å². The van der Waals surface area contributed by atoms with Gasteiger partial charge in [-0.1, -0.05) is 0 Å². The summed E-state index contributed by atoms with van der Waals surface area (Å²) in [5.74, 6) is -0.472. The Balaban J connectivity index is 2.10. The number of benzene rings is 1. The van der Waals surface area contributed by atoms with E-state index in [1.54, 1.807) is 25.1 Å². The first-order chi connectivity index (χ1) is 9.54. The summed E-state index contributed by atoms with van der Waals surface area (Å²) >= 11 is 0. The lowest BCUT2D eigenvalue weighted by atomic mass is 10.2. The SMILES string of the molecule is Cc1cc(Oc2ccc(/C=C/C(=O)O)cn2)ccc1F. The molecule has 0 aliphatic heterocycles. The van der Waals surface area contributed by atoms with Crippen molar-refractivity contribution in [2.45, 2.75) is 6.92 Å². The Bertz CT molecular complexity index is 651. The number of aromatic nitrogens is 1. The first-order valence-corrected chi connectivity index (χ1v) is 5.85. The van der Waals surface area contributed by atoms with Gasteiger partial charge in [0.25, 0.3) is 0 Å². The molecule has 102 valence electrons. The summed E-state index contributed by atoms with van der Waals surface area (Å²) in [6.45, 7) is 1.65. The number of halogens is 1. The molecule has 2 rings (SSSR count). The molecule has 0 spiro atoms. The average molecular weight is 273 g/mol. The molecular formula is C15H12FNO3. The molecule has 0 radical (unpaired) electrons. The van der Waals surface area contributed by atoms with E-state index in [1.807, 2.05) is 0 Å². The largest absolute Gasteiger partial charge is 0.478 e. The van der Waals surface area contributed by atoms with Crippen molar-refractivity contribution in [3.63, 3.8) is 0 Å². The molecule has 0 aliphatic carbocycles. The number of carboxylic acid groups (broad SMARTS) is 1. The van der Waals surface area contributed by atoms with E-state index in [0.29, 0.717) is 22.8 Å². The van der Waals surface area contributed by atoms with E-state index in [0.717, 1.165) is 6.08 Å². The van der Waals surface area contributed by atoms with Crippen LogP contribution in [0.25, 0.3) is 6.08 Å². The van der Waals surface area contributed by atoms with Crippen LogP contribution in [0.3, 0.4) is 0 Å². The quantitative estimate of drug-likeness (QED) is 0.867. The normalized spacial score (nSPS) is 10.7. The molecule has 0 saturated heterocycles. The predicted molar refractivity (Wildman–Crippen MR) is 72.1 cm³/mol. The fraction of sp³-hybridized carbons (Fsp3) is 0.0667. The third-order valence-corrected chi connectivity index (χ3v) is 2.53. The number of pyridine rings is 1. The first-order valence-electron chi connectivity index (χ1n) is 5.85. The summed E-state index contributed by atoms with van der Waals surface area (Å²) in [6, 6.07) is 7.71. The van der Waals surface area contributed by atoms with Crippen LogP contribution in [0.4, 0.5) is 4.39 Å². The minimum atomic E-state index is -1.02. The lowest BCUT2D eigenvalue weighted by molar-refractivity contribution is -0.131. The second-order valence-corrected chi connectivity index (χ2v) is 4.11. The van der Waals surface area contributed by atoms with E-state index in [9.17, 15) is 9.18 Å². The maximum atomic E-state index is 13.1. The minimum absolute atomic E-state index is 0.292. The summed E-state index contributed by atoms with van der Waals surface area (Å²) in [5.41, 5.74) is 1.14. The molecule has 1 N–H and O–H groups in total. The van der Waals surface area contributed by atoms with Gasteiger partial charge in [0, 0.05) is 18.3 Å². The maximum Gasteiger partial charge on any atom is 0.328 e. The highest BCUT2D eigenvalue weighted by Crippen LogP contribution is 2.22. The number of carboxylic acids is 1. The number of hydrogen-bond donors (Lipinski definition) is 1. The number of aryl methyl sites for hydroxylation is 1. The Kier molecular flexibility index (Phi) is 4.10. The van der Waals surface area contributed by atoms with Crippen LogP contribution in [-0.4, -0.2) is 16.1 Å². The standard InChI is InChI=1S/C15H12FNO3/c1-10-8-12(4-5-13(10)16)20-14-6-2-11(9-17-14)3-7-15(18)19/h2-9H,1H3,(H,18,19)/b7-3+. The number of hydrogen-bond acceptors (Lipinski definition) is 3. The summed E-state index contributed by atoms with van der Waals surface area (Å²) in [4.78, 5) is 14.4. The van der Waals surface area contributed by atoms with Gasteiger partial charge in [0.2, 0.25) is 5.88 Å². The first kappa shape index (κ1) is 13.7. The molecule has 0 unspecified atom stereocenters. The van der Waals surface area contributed by atoms with Crippen molar-refractivity contribution in [3.05, 3.63) is 59.5 Å². The van der Waals surface area contributed by atoms with E-state index in [4.69, 9.17) is 9.84 Å². The number of rotatable bonds is 4. The Labute approximate surface area is 115 Å². The van der Waals surface area contributed by atoms with Crippen molar-refractivity contribution < 1.29 is 19.0 Å². The molecule has 1 heterocycles. The van der Waals surface area contributed by atoms with Gasteiger partial charge in [-0.05, 0) is 48.4 Å². The van der Waals surface area contributed by atoms with Gasteiger partial charge in [-0.2, -0.15) is 0 Å². The van der Waals surface area contributed by atoms with Crippen LogP contribution < -0.4 is 4.74 Å². The Morgan fingerprint density at radius 1 is 1.35 bits per heavy atom. The van der Waals surface area contributed by atoms with Crippen LogP contribution in [0.15, 0.2) is 42.6 Å². The lowest BCUT2D eigenvalue weighted by Gasteiger charge is -2.06. The zero-order valence-electron chi connectivity index (χ0n) is 10.7. The van der Waals surface area contributed by atoms with E-state index in [1.165, 1.54) is 24.4 Å². The van der Waals surface area contributed by atoms with Crippen LogP contribution in [0.5, 0.6) is 11.6 Å². The second-order valence-electron chi connectivity index (χ2n) is 4.11. The smallest absolute Gasteiger partial charge is 0.328 e. The highest BCUT2D eigenvalue weighted by atomic mass is 19.1. The van der Waals surface area contributed by atoms with Gasteiger partial charge < -0.3 is 9.84 Å². The molecule has 1 aromatic heterocycles. The van der Waals surface area contributed by atoms with Crippen LogP contribution in [-0.2, 0) is 4.79 Å². The van der Waals surface area contributed by atoms with Crippen LogP contribution in [0.2, 0.25) is 0 Å². The van der Waals surface area contributed by atoms with E-state index in [-0.39, 0.29) is 5.82 Å². The molecule has 5 heteroatoms. The fourth-order valence-electron chi connectivity index (χ4n) is 1.52. The molecule has 0 saturated carbocycles. The zero-order valence-corrected chi connectivity index (χ0v) is 10.7. The van der Waals surface area contributed by atoms with Crippen molar-refractivity contribution in [1.29, 1.82) is 0 Å². The van der Waals surface area contributed by atoms with Gasteiger partial charge in [-0.15, -0.1) is 0 Å². The summed E-state index contributed by atoms with van der Waals surface area (Å²) in [6.07, 6.45) is 3.95. The van der Waals surface area contributed by atoms with Gasteiger partial charge >= 0.3 is 5.97 Å². The van der Waals surface area contributed by atoms with E-state index >= 15 is 0 Å². The molecule has 20 heavy (non-hydrogen) atoms. The van der Waals surface area contributed by atoms with Gasteiger partial charge in [0.05, 0.1) is 0 Å². The van der Waals surface area contributed by atoms with Crippen molar-refractivity contribution in [2.24, 2.45) is 0 Å². The number of aliphatic carboxylic acids is 1. The highest BCUT2D eigenvalue weighted by molar-refractivity contribution is 5.85. The number of nitrogens with zero attached hydrogens (tertiary/aromatic N) is 1. The molecule has 1 aromatic carbocycles. The molecule has 2 aromatic rings. The lowest BCUT2D eigenvalue weighted by Crippen LogP contribution is -1.90. The molecule has 4 nitrogen and oxygen atoms in total. The monoisotopic (exact) mass is 273 g/mol. The average Bonchev–Trinajstić information content (AvgIpc) is 2.42. The van der Waals surface area contributed by atoms with Crippen LogP contribution >= 0.6 is 0 Å². The van der Waals surface area contributed by atoms with Crippen molar-refractivity contribution in [1.82, 2.24) is 4.98 Å². The van der Waals surface area contributed by atoms with Gasteiger partial charge in [0.15, 0.2) is 0 Å². The van der Waals surface area contributed by atoms with Gasteiger partial charge in [-0.3, -0.25) is 0 Å². The number of ether oxygens (including phenoxy) is 1. The molecule has 0 bridgehead atoms. The van der Waals surface area contributed by atoms with Crippen molar-refractivity contribution >= 4 is 12.0 Å². The molecule has 0 aliphatic rings. The topological polar surface area (TPSA) is 59.4 Å². The van der Waals surface area contributed by atoms with Crippen molar-refractivity contribution in [3.8, 4) is 11.6 Å². The second kappa shape index (κ2) is 5.97. The van der Waals surface area contributed by atoms with E-state index < -0.39 is 5.97 Å². The molecule has 0 amide bonds. The Hall–Kier alpha value is -2.69. The summed E-state index contributed by atoms with van der Waals surface area (Å²) in [7, 11) is 0. The molecular weight excluding hydrogens is 261 g/mol. The van der Waals surface area contributed by atoms with E-state index in [2.05, 4.69) is 4.98 Å². The van der Waals surface area contributed by atoms with Gasteiger partial charge in [0.1, 0.15) is 11.6 Å². The Morgan fingerprint density at radius 2 is 2.15 bits per heavy atom. The number of carbonyl (C=O) groups is 1. The third kappa shape index (κ3) is 3.65. The fourth-order valence-corrected chi connectivity index (χ4v) is 1.52. The van der Waals surface area contributed by atoms with Crippen molar-refractivity contribution in [2.75, 3.05) is 0 Å². The predicted octanol–water partition coefficient (Wildman–Crippen LogP) is 3.42.